The summed E-state index contributed by atoms with van der Waals surface area (Å²) in [5.41, 5.74) is 1.02. The third-order valence-corrected chi connectivity index (χ3v) is 3.24. The topological polar surface area (TPSA) is 55.0 Å². The maximum absolute atomic E-state index is 11.9. The van der Waals surface area contributed by atoms with Crippen LogP contribution in [-0.4, -0.2) is 16.6 Å². The molecule has 106 valence electrons. The molecule has 1 N–H and O–H groups in total. The molecule has 0 saturated carbocycles. The van der Waals surface area contributed by atoms with Crippen LogP contribution in [0.5, 0.6) is 5.75 Å². The Morgan fingerprint density at radius 1 is 1.35 bits per heavy atom. The Kier molecular flexibility index (Phi) is 4.45. The molecule has 4 nitrogen and oxygen atoms in total. The number of benzene rings is 1. The van der Waals surface area contributed by atoms with E-state index in [0.29, 0.717) is 23.9 Å². The second-order valence-electron chi connectivity index (χ2n) is 4.70. The van der Waals surface area contributed by atoms with Crippen molar-refractivity contribution >= 4 is 11.6 Å². The number of hydrogen-bond acceptors (Lipinski definition) is 3. The molecule has 0 aliphatic heterocycles. The van der Waals surface area contributed by atoms with E-state index in [2.05, 4.69) is 9.97 Å². The lowest BCUT2D eigenvalue weighted by atomic mass is 10.1. The van der Waals surface area contributed by atoms with Crippen LogP contribution in [0.25, 0.3) is 11.4 Å². The van der Waals surface area contributed by atoms with Gasteiger partial charge in [-0.3, -0.25) is 4.79 Å². The highest BCUT2D eigenvalue weighted by atomic mass is 35.5. The van der Waals surface area contributed by atoms with Crippen LogP contribution in [0.15, 0.2) is 29.1 Å². The van der Waals surface area contributed by atoms with E-state index in [4.69, 9.17) is 16.3 Å². The molecule has 0 aliphatic rings. The molecule has 0 radical (unpaired) electrons. The molecular weight excluding hydrogens is 276 g/mol. The van der Waals surface area contributed by atoms with Gasteiger partial charge in [-0.1, -0.05) is 37.6 Å². The molecule has 0 atom stereocenters. The average Bonchev–Trinajstić information content (AvgIpc) is 2.42. The van der Waals surface area contributed by atoms with Gasteiger partial charge in [-0.05, 0) is 25.0 Å². The molecule has 0 spiro atoms. The molecule has 0 amide bonds. The highest BCUT2D eigenvalue weighted by Crippen LogP contribution is 2.28. The molecule has 20 heavy (non-hydrogen) atoms. The number of para-hydroxylation sites is 1. The Labute approximate surface area is 122 Å². The number of aromatic amines is 1. The first-order valence-electron chi connectivity index (χ1n) is 6.56. The van der Waals surface area contributed by atoms with Crippen LogP contribution in [0.4, 0.5) is 0 Å². The Morgan fingerprint density at radius 3 is 2.70 bits per heavy atom. The molecule has 0 saturated heterocycles. The van der Waals surface area contributed by atoms with Crippen LogP contribution < -0.4 is 10.3 Å². The summed E-state index contributed by atoms with van der Waals surface area (Å²) in [5, 5.41) is 0.151. The van der Waals surface area contributed by atoms with E-state index in [1.165, 1.54) is 0 Å². The number of ether oxygens (including phenoxy) is 1. The monoisotopic (exact) mass is 292 g/mol. The quantitative estimate of drug-likeness (QED) is 0.936. The molecule has 0 aliphatic carbocycles. The Bertz CT molecular complexity index is 665. The van der Waals surface area contributed by atoms with Gasteiger partial charge < -0.3 is 9.72 Å². The van der Waals surface area contributed by atoms with Crippen molar-refractivity contribution in [3.8, 4) is 17.1 Å². The summed E-state index contributed by atoms with van der Waals surface area (Å²) in [5.74, 6) is 1.24. The van der Waals surface area contributed by atoms with Crippen LogP contribution in [0.1, 0.15) is 32.4 Å². The molecule has 2 aromatic rings. The number of H-pyrrole nitrogens is 1. The van der Waals surface area contributed by atoms with E-state index < -0.39 is 0 Å². The molecule has 1 aromatic heterocycles. The van der Waals surface area contributed by atoms with E-state index in [1.54, 1.807) is 0 Å². The first kappa shape index (κ1) is 14.6. The van der Waals surface area contributed by atoms with E-state index >= 15 is 0 Å². The maximum atomic E-state index is 11.9. The minimum absolute atomic E-state index is 0.0720. The summed E-state index contributed by atoms with van der Waals surface area (Å²) in [4.78, 5) is 19.1. The third-order valence-electron chi connectivity index (χ3n) is 2.88. The van der Waals surface area contributed by atoms with Gasteiger partial charge in [-0.15, -0.1) is 0 Å². The maximum Gasteiger partial charge on any atom is 0.270 e. The SMILES string of the molecule is CCOc1ccccc1-c1nc(C(C)C)c(Cl)c(=O)[nH]1. The fourth-order valence-corrected chi connectivity index (χ4v) is 2.24. The fourth-order valence-electron chi connectivity index (χ4n) is 1.93. The average molecular weight is 293 g/mol. The molecule has 0 unspecified atom stereocenters. The summed E-state index contributed by atoms with van der Waals surface area (Å²) in [7, 11) is 0. The van der Waals surface area contributed by atoms with Gasteiger partial charge in [0.05, 0.1) is 17.9 Å². The number of halogens is 1. The molecular formula is C15H17ClN2O2. The fraction of sp³-hybridized carbons (Fsp3) is 0.333. The smallest absolute Gasteiger partial charge is 0.270 e. The van der Waals surface area contributed by atoms with Crippen molar-refractivity contribution in [2.75, 3.05) is 6.61 Å². The van der Waals surface area contributed by atoms with Gasteiger partial charge in [0.25, 0.3) is 5.56 Å². The standard InChI is InChI=1S/C15H17ClN2O2/c1-4-20-11-8-6-5-7-10(11)14-17-13(9(2)3)12(16)15(19)18-14/h5-9H,4H2,1-3H3,(H,17,18,19). The second kappa shape index (κ2) is 6.09. The Hall–Kier alpha value is -1.81. The van der Waals surface area contributed by atoms with Gasteiger partial charge in [-0.2, -0.15) is 0 Å². The zero-order valence-electron chi connectivity index (χ0n) is 11.7. The number of rotatable bonds is 4. The first-order valence-corrected chi connectivity index (χ1v) is 6.94. The van der Waals surface area contributed by atoms with Crippen molar-refractivity contribution in [1.82, 2.24) is 9.97 Å². The van der Waals surface area contributed by atoms with Gasteiger partial charge in [0.1, 0.15) is 16.6 Å². The van der Waals surface area contributed by atoms with E-state index in [9.17, 15) is 4.79 Å². The molecule has 5 heteroatoms. The number of hydrogen-bond donors (Lipinski definition) is 1. The van der Waals surface area contributed by atoms with Gasteiger partial charge in [0.2, 0.25) is 0 Å². The molecule has 1 heterocycles. The lowest BCUT2D eigenvalue weighted by Gasteiger charge is -2.12. The molecule has 2 rings (SSSR count). The third kappa shape index (κ3) is 2.85. The van der Waals surface area contributed by atoms with Crippen molar-refractivity contribution in [3.05, 3.63) is 45.3 Å². The Balaban J connectivity index is 2.62. The highest BCUT2D eigenvalue weighted by molar-refractivity contribution is 6.31. The Morgan fingerprint density at radius 2 is 2.05 bits per heavy atom. The summed E-state index contributed by atoms with van der Waals surface area (Å²) < 4.78 is 5.57. The molecule has 0 bridgehead atoms. The minimum Gasteiger partial charge on any atom is -0.493 e. The normalized spacial score (nSPS) is 10.8. The van der Waals surface area contributed by atoms with Crippen LogP contribution in [-0.2, 0) is 0 Å². The first-order chi connectivity index (χ1) is 9.54. The van der Waals surface area contributed by atoms with E-state index in [1.807, 2.05) is 45.0 Å². The van der Waals surface area contributed by atoms with Crippen LogP contribution in [0.3, 0.4) is 0 Å². The summed E-state index contributed by atoms with van der Waals surface area (Å²) in [6.45, 7) is 6.36. The van der Waals surface area contributed by atoms with E-state index in [-0.39, 0.29) is 16.5 Å². The molecule has 1 aromatic carbocycles. The highest BCUT2D eigenvalue weighted by Gasteiger charge is 2.15. The second-order valence-corrected chi connectivity index (χ2v) is 5.08. The lowest BCUT2D eigenvalue weighted by Crippen LogP contribution is -2.14. The van der Waals surface area contributed by atoms with Crippen LogP contribution >= 0.6 is 11.6 Å². The van der Waals surface area contributed by atoms with Crippen molar-refractivity contribution in [2.24, 2.45) is 0 Å². The van der Waals surface area contributed by atoms with Crippen molar-refractivity contribution < 1.29 is 4.74 Å². The van der Waals surface area contributed by atoms with E-state index in [0.717, 1.165) is 5.56 Å². The van der Waals surface area contributed by atoms with Gasteiger partial charge in [0.15, 0.2) is 0 Å². The number of aromatic nitrogens is 2. The summed E-state index contributed by atoms with van der Waals surface area (Å²) in [6.07, 6.45) is 0. The van der Waals surface area contributed by atoms with Crippen molar-refractivity contribution in [3.63, 3.8) is 0 Å². The zero-order chi connectivity index (χ0) is 14.7. The predicted octanol–water partition coefficient (Wildman–Crippen LogP) is 3.61. The largest absolute Gasteiger partial charge is 0.493 e. The summed E-state index contributed by atoms with van der Waals surface area (Å²) >= 11 is 6.01. The minimum atomic E-state index is -0.327. The molecule has 0 fully saturated rings. The van der Waals surface area contributed by atoms with Crippen molar-refractivity contribution in [2.45, 2.75) is 26.7 Å². The van der Waals surface area contributed by atoms with Gasteiger partial charge in [-0.25, -0.2) is 4.98 Å². The predicted molar refractivity (Wildman–Crippen MR) is 80.6 cm³/mol. The van der Waals surface area contributed by atoms with Gasteiger partial charge in [0, 0.05) is 0 Å². The number of nitrogens with one attached hydrogen (secondary N) is 1. The van der Waals surface area contributed by atoms with Crippen LogP contribution in [0, 0.1) is 0 Å². The number of nitrogens with zero attached hydrogens (tertiary/aromatic N) is 1. The van der Waals surface area contributed by atoms with Gasteiger partial charge >= 0.3 is 0 Å². The van der Waals surface area contributed by atoms with Crippen LogP contribution in [0.2, 0.25) is 5.02 Å². The zero-order valence-corrected chi connectivity index (χ0v) is 12.5. The lowest BCUT2D eigenvalue weighted by molar-refractivity contribution is 0.341. The van der Waals surface area contributed by atoms with Crippen molar-refractivity contribution in [1.29, 1.82) is 0 Å². The summed E-state index contributed by atoms with van der Waals surface area (Å²) in [6, 6.07) is 7.47.